The van der Waals surface area contributed by atoms with E-state index < -0.39 is 4.92 Å². The zero-order chi connectivity index (χ0) is 15.2. The Hall–Kier alpha value is -1.60. The van der Waals surface area contributed by atoms with E-state index in [9.17, 15) is 20.0 Å². The summed E-state index contributed by atoms with van der Waals surface area (Å²) in [5.74, 6) is 0.555. The molecule has 1 aromatic rings. The van der Waals surface area contributed by atoms with Crippen LogP contribution in [0.3, 0.4) is 0 Å². The van der Waals surface area contributed by atoms with Gasteiger partial charge in [0.15, 0.2) is 0 Å². The number of amides is 1. The highest BCUT2D eigenvalue weighted by Crippen LogP contribution is 2.23. The van der Waals surface area contributed by atoms with Crippen LogP contribution in [0.25, 0.3) is 0 Å². The molecule has 0 aliphatic carbocycles. The zero-order valence-corrected chi connectivity index (χ0v) is 12.4. The Morgan fingerprint density at radius 1 is 1.43 bits per heavy atom. The van der Waals surface area contributed by atoms with Gasteiger partial charge in [0, 0.05) is 36.7 Å². The highest BCUT2D eigenvalue weighted by molar-refractivity contribution is 8.00. The fourth-order valence-electron chi connectivity index (χ4n) is 2.34. The van der Waals surface area contributed by atoms with Gasteiger partial charge >= 0.3 is 0 Å². The average molecular weight is 310 g/mol. The number of hydrogen-bond donors (Lipinski definition) is 1. The number of carbonyl (C=O) groups excluding carboxylic acids is 1. The van der Waals surface area contributed by atoms with Crippen LogP contribution in [-0.4, -0.2) is 46.3 Å². The lowest BCUT2D eigenvalue weighted by molar-refractivity contribution is -0.384. The maximum absolute atomic E-state index is 12.1. The highest BCUT2D eigenvalue weighted by Gasteiger charge is 2.22. The number of likely N-dealkylation sites (tertiary alicyclic amines) is 1. The second kappa shape index (κ2) is 7.42. The number of piperidine rings is 1. The number of non-ortho nitro benzene ring substituents is 1. The Labute approximate surface area is 127 Å². The normalized spacial score (nSPS) is 18.5. The van der Waals surface area contributed by atoms with Gasteiger partial charge in [-0.25, -0.2) is 0 Å². The standard InChI is InChI=1S/C14H18N2O4S/c17-9-11-2-1-7-15(8-11)14(18)10-21-13-5-3-12(4-6-13)16(19)20/h3-6,11,17H,1-2,7-10H2. The first-order valence-corrected chi connectivity index (χ1v) is 7.84. The van der Waals surface area contributed by atoms with Gasteiger partial charge in [-0.15, -0.1) is 11.8 Å². The molecular weight excluding hydrogens is 292 g/mol. The molecule has 1 aliphatic rings. The molecule has 2 rings (SSSR count). The van der Waals surface area contributed by atoms with Crippen LogP contribution >= 0.6 is 11.8 Å². The van der Waals surface area contributed by atoms with Gasteiger partial charge in [-0.05, 0) is 30.9 Å². The average Bonchev–Trinajstić information content (AvgIpc) is 2.53. The molecule has 0 radical (unpaired) electrons. The fraction of sp³-hybridized carbons (Fsp3) is 0.500. The molecule has 0 bridgehead atoms. The van der Waals surface area contributed by atoms with Gasteiger partial charge in [-0.2, -0.15) is 0 Å². The van der Waals surface area contributed by atoms with Gasteiger partial charge in [0.2, 0.25) is 5.91 Å². The second-order valence-corrected chi connectivity index (χ2v) is 6.12. The van der Waals surface area contributed by atoms with E-state index in [1.54, 1.807) is 17.0 Å². The third-order valence-electron chi connectivity index (χ3n) is 3.54. The summed E-state index contributed by atoms with van der Waals surface area (Å²) in [6.45, 7) is 1.49. The predicted molar refractivity (Wildman–Crippen MR) is 80.2 cm³/mol. The number of nitro groups is 1. The predicted octanol–water partition coefficient (Wildman–Crippen LogP) is 1.92. The fourth-order valence-corrected chi connectivity index (χ4v) is 3.14. The summed E-state index contributed by atoms with van der Waals surface area (Å²) in [4.78, 5) is 24.9. The minimum Gasteiger partial charge on any atom is -0.396 e. The Bertz CT molecular complexity index is 506. The number of benzene rings is 1. The van der Waals surface area contributed by atoms with E-state index >= 15 is 0 Å². The molecule has 6 nitrogen and oxygen atoms in total. The molecule has 1 heterocycles. The van der Waals surface area contributed by atoms with Crippen LogP contribution in [0.1, 0.15) is 12.8 Å². The first-order valence-electron chi connectivity index (χ1n) is 6.86. The van der Waals surface area contributed by atoms with Crippen molar-refractivity contribution in [1.29, 1.82) is 0 Å². The Morgan fingerprint density at radius 2 is 2.14 bits per heavy atom. The van der Waals surface area contributed by atoms with Gasteiger partial charge in [0.05, 0.1) is 10.7 Å². The van der Waals surface area contributed by atoms with Crippen LogP contribution in [0.15, 0.2) is 29.2 Å². The monoisotopic (exact) mass is 310 g/mol. The molecular formula is C14H18N2O4S. The van der Waals surface area contributed by atoms with E-state index in [0.29, 0.717) is 12.3 Å². The Kier molecular flexibility index (Phi) is 5.58. The smallest absolute Gasteiger partial charge is 0.269 e. The maximum Gasteiger partial charge on any atom is 0.269 e. The maximum atomic E-state index is 12.1. The van der Waals surface area contributed by atoms with Crippen LogP contribution in [0.4, 0.5) is 5.69 Å². The summed E-state index contributed by atoms with van der Waals surface area (Å²) < 4.78 is 0. The first kappa shape index (κ1) is 15.8. The summed E-state index contributed by atoms with van der Waals surface area (Å²) in [5.41, 5.74) is 0.0486. The second-order valence-electron chi connectivity index (χ2n) is 5.07. The van der Waals surface area contributed by atoms with Crippen LogP contribution in [0.2, 0.25) is 0 Å². The largest absolute Gasteiger partial charge is 0.396 e. The minimum absolute atomic E-state index is 0.0486. The molecule has 0 spiro atoms. The lowest BCUT2D eigenvalue weighted by Gasteiger charge is -2.31. The van der Waals surface area contributed by atoms with Crippen LogP contribution in [-0.2, 0) is 4.79 Å². The molecule has 1 N–H and O–H groups in total. The van der Waals surface area contributed by atoms with E-state index in [2.05, 4.69) is 0 Å². The lowest BCUT2D eigenvalue weighted by Crippen LogP contribution is -2.41. The van der Waals surface area contributed by atoms with E-state index in [0.717, 1.165) is 24.3 Å². The molecule has 21 heavy (non-hydrogen) atoms. The molecule has 1 saturated heterocycles. The number of carbonyl (C=O) groups is 1. The molecule has 0 saturated carbocycles. The van der Waals surface area contributed by atoms with Crippen molar-refractivity contribution in [3.63, 3.8) is 0 Å². The number of nitrogens with zero attached hydrogens (tertiary/aromatic N) is 2. The molecule has 1 aliphatic heterocycles. The van der Waals surface area contributed by atoms with Gasteiger partial charge in [0.1, 0.15) is 0 Å². The molecule has 114 valence electrons. The van der Waals surface area contributed by atoms with Gasteiger partial charge in [0.25, 0.3) is 5.69 Å². The van der Waals surface area contributed by atoms with Crippen LogP contribution in [0.5, 0.6) is 0 Å². The molecule has 1 atom stereocenters. The molecule has 1 aromatic carbocycles. The summed E-state index contributed by atoms with van der Waals surface area (Å²) in [6, 6.07) is 6.19. The topological polar surface area (TPSA) is 83.7 Å². The quantitative estimate of drug-likeness (QED) is 0.510. The third kappa shape index (κ3) is 4.44. The number of aliphatic hydroxyl groups excluding tert-OH is 1. The van der Waals surface area contributed by atoms with E-state index in [1.165, 1.54) is 23.9 Å². The summed E-state index contributed by atoms with van der Waals surface area (Å²) in [7, 11) is 0. The highest BCUT2D eigenvalue weighted by atomic mass is 32.2. The van der Waals surface area contributed by atoms with Crippen LogP contribution < -0.4 is 0 Å². The molecule has 7 heteroatoms. The number of nitro benzene ring substituents is 1. The zero-order valence-electron chi connectivity index (χ0n) is 11.6. The van der Waals surface area contributed by atoms with Gasteiger partial charge < -0.3 is 10.0 Å². The van der Waals surface area contributed by atoms with Crippen LogP contribution in [0, 0.1) is 16.0 Å². The van der Waals surface area contributed by atoms with Crippen molar-refractivity contribution < 1.29 is 14.8 Å². The molecule has 0 aromatic heterocycles. The van der Waals surface area contributed by atoms with Crippen molar-refractivity contribution in [2.45, 2.75) is 17.7 Å². The number of rotatable bonds is 5. The van der Waals surface area contributed by atoms with Gasteiger partial charge in [-0.1, -0.05) is 0 Å². The number of thioether (sulfide) groups is 1. The Balaban J connectivity index is 1.84. The molecule has 1 unspecified atom stereocenters. The van der Waals surface area contributed by atoms with E-state index in [1.807, 2.05) is 0 Å². The molecule has 1 fully saturated rings. The summed E-state index contributed by atoms with van der Waals surface area (Å²) in [5, 5.41) is 19.7. The van der Waals surface area contributed by atoms with Crippen molar-refractivity contribution in [3.05, 3.63) is 34.4 Å². The minimum atomic E-state index is -0.442. The van der Waals surface area contributed by atoms with Crippen molar-refractivity contribution in [3.8, 4) is 0 Å². The van der Waals surface area contributed by atoms with E-state index in [4.69, 9.17) is 0 Å². The van der Waals surface area contributed by atoms with Crippen molar-refractivity contribution in [2.24, 2.45) is 5.92 Å². The SMILES string of the molecule is O=C(CSc1ccc([N+](=O)[O-])cc1)N1CCCC(CO)C1. The van der Waals surface area contributed by atoms with Crippen molar-refractivity contribution in [2.75, 3.05) is 25.4 Å². The summed E-state index contributed by atoms with van der Waals surface area (Å²) >= 11 is 1.38. The molecule has 1 amide bonds. The number of aliphatic hydroxyl groups is 1. The Morgan fingerprint density at radius 3 is 2.76 bits per heavy atom. The first-order chi connectivity index (χ1) is 10.1. The lowest BCUT2D eigenvalue weighted by atomic mass is 9.99. The van der Waals surface area contributed by atoms with E-state index in [-0.39, 0.29) is 24.1 Å². The van der Waals surface area contributed by atoms with Gasteiger partial charge in [-0.3, -0.25) is 14.9 Å². The van der Waals surface area contributed by atoms with Crippen molar-refractivity contribution in [1.82, 2.24) is 4.90 Å². The third-order valence-corrected chi connectivity index (χ3v) is 4.54. The number of hydrogen-bond acceptors (Lipinski definition) is 5. The summed E-state index contributed by atoms with van der Waals surface area (Å²) in [6.07, 6.45) is 1.90. The van der Waals surface area contributed by atoms with Crippen molar-refractivity contribution >= 4 is 23.4 Å².